The van der Waals surface area contributed by atoms with Crippen molar-refractivity contribution < 1.29 is 14.3 Å². The normalized spacial score (nSPS) is 19.7. The highest BCUT2D eigenvalue weighted by molar-refractivity contribution is 7.80. The van der Waals surface area contributed by atoms with E-state index in [1.54, 1.807) is 17.3 Å². The number of carbonyl (C=O) groups excluding carboxylic acids is 2. The fraction of sp³-hybridized carbons (Fsp3) is 0.412. The number of ether oxygens (including phenoxy) is 1. The smallest absolute Gasteiger partial charge is 0.250 e. The molecule has 3 heterocycles. The number of morpholine rings is 1. The first-order valence-electron chi connectivity index (χ1n) is 15.6. The Morgan fingerprint density at radius 2 is 1.75 bits per heavy atom. The molecule has 1 aliphatic carbocycles. The van der Waals surface area contributed by atoms with Gasteiger partial charge < -0.3 is 30.1 Å². The second-order valence-electron chi connectivity index (χ2n) is 11.8. The van der Waals surface area contributed by atoms with E-state index in [1.807, 2.05) is 59.5 Å². The molecule has 1 atom stereocenters. The lowest BCUT2D eigenvalue weighted by atomic mass is 9.78. The predicted octanol–water partition coefficient (Wildman–Crippen LogP) is 4.52. The van der Waals surface area contributed by atoms with Crippen LogP contribution in [0.25, 0.3) is 0 Å². The molecule has 2 aliphatic heterocycles. The Balaban J connectivity index is 1.24. The molecule has 2 N–H and O–H groups in total. The Kier molecular flexibility index (Phi) is 9.37. The van der Waals surface area contributed by atoms with Crippen LogP contribution >= 0.6 is 12.2 Å². The van der Waals surface area contributed by atoms with E-state index in [9.17, 15) is 9.59 Å². The van der Waals surface area contributed by atoms with E-state index in [2.05, 4.69) is 32.7 Å². The van der Waals surface area contributed by atoms with Gasteiger partial charge >= 0.3 is 0 Å². The number of nitrogens with zero attached hydrogens (tertiary/aromatic N) is 4. The molecule has 3 aromatic rings. The fourth-order valence-electron chi connectivity index (χ4n) is 6.58. The molecule has 230 valence electrons. The third-order valence-corrected chi connectivity index (χ3v) is 9.38. The van der Waals surface area contributed by atoms with Crippen molar-refractivity contribution in [2.75, 3.05) is 49.6 Å². The first kappa shape index (κ1) is 30.0. The van der Waals surface area contributed by atoms with Crippen LogP contribution in [-0.2, 0) is 20.9 Å². The quantitative estimate of drug-likeness (QED) is 0.341. The first-order chi connectivity index (χ1) is 21.5. The molecular weight excluding hydrogens is 572 g/mol. The summed E-state index contributed by atoms with van der Waals surface area (Å²) >= 11 is 5.68. The zero-order valence-corrected chi connectivity index (χ0v) is 25.8. The molecule has 9 nitrogen and oxygen atoms in total. The predicted molar refractivity (Wildman–Crippen MR) is 175 cm³/mol. The van der Waals surface area contributed by atoms with Gasteiger partial charge in [-0.3, -0.25) is 14.6 Å². The van der Waals surface area contributed by atoms with Crippen LogP contribution in [0.4, 0.5) is 11.4 Å². The zero-order chi connectivity index (χ0) is 30.4. The molecule has 2 amide bonds. The van der Waals surface area contributed by atoms with Gasteiger partial charge in [0, 0.05) is 49.9 Å². The molecule has 6 rings (SSSR count). The van der Waals surface area contributed by atoms with Gasteiger partial charge in [0.2, 0.25) is 11.8 Å². The van der Waals surface area contributed by atoms with E-state index in [1.165, 1.54) is 0 Å². The lowest BCUT2D eigenvalue weighted by molar-refractivity contribution is -0.149. The number of carbonyl (C=O) groups is 2. The van der Waals surface area contributed by atoms with Crippen LogP contribution in [0.1, 0.15) is 49.3 Å². The number of anilines is 2. The van der Waals surface area contributed by atoms with Gasteiger partial charge in [0.25, 0.3) is 0 Å². The van der Waals surface area contributed by atoms with Crippen molar-refractivity contribution in [3.8, 4) is 0 Å². The number of rotatable bonds is 9. The molecule has 10 heteroatoms. The van der Waals surface area contributed by atoms with Crippen molar-refractivity contribution >= 4 is 40.5 Å². The maximum atomic E-state index is 14.4. The highest BCUT2D eigenvalue weighted by Crippen LogP contribution is 2.37. The van der Waals surface area contributed by atoms with Crippen molar-refractivity contribution in [1.82, 2.24) is 20.1 Å². The Morgan fingerprint density at radius 1 is 1.00 bits per heavy atom. The lowest BCUT2D eigenvalue weighted by Crippen LogP contribution is -2.61. The molecule has 1 aromatic heterocycles. The monoisotopic (exact) mass is 612 g/mol. The van der Waals surface area contributed by atoms with Crippen molar-refractivity contribution in [2.24, 2.45) is 0 Å². The third-order valence-electron chi connectivity index (χ3n) is 9.00. The topological polar surface area (TPSA) is 90.0 Å². The largest absolute Gasteiger partial charge is 0.378 e. The summed E-state index contributed by atoms with van der Waals surface area (Å²) < 4.78 is 5.48. The Labute approximate surface area is 264 Å². The van der Waals surface area contributed by atoms with Gasteiger partial charge in [-0.15, -0.1) is 0 Å². The molecule has 2 aromatic carbocycles. The van der Waals surface area contributed by atoms with E-state index in [0.717, 1.165) is 54.9 Å². The fourth-order valence-corrected chi connectivity index (χ4v) is 6.86. The van der Waals surface area contributed by atoms with Crippen molar-refractivity contribution in [2.45, 2.75) is 50.2 Å². The van der Waals surface area contributed by atoms with Gasteiger partial charge in [0.05, 0.1) is 25.8 Å². The van der Waals surface area contributed by atoms with Crippen LogP contribution < -0.4 is 15.5 Å². The van der Waals surface area contributed by atoms with Crippen molar-refractivity contribution in [1.29, 1.82) is 0 Å². The van der Waals surface area contributed by atoms with Gasteiger partial charge in [0.15, 0.2) is 5.11 Å². The number of aromatic nitrogens is 1. The van der Waals surface area contributed by atoms with Gasteiger partial charge in [-0.25, -0.2) is 0 Å². The summed E-state index contributed by atoms with van der Waals surface area (Å²) in [5.41, 5.74) is 2.86. The van der Waals surface area contributed by atoms with Crippen LogP contribution in [0.3, 0.4) is 0 Å². The van der Waals surface area contributed by atoms with Gasteiger partial charge in [-0.2, -0.15) is 0 Å². The Morgan fingerprint density at radius 3 is 2.45 bits per heavy atom. The van der Waals surface area contributed by atoms with Gasteiger partial charge in [0.1, 0.15) is 5.54 Å². The zero-order valence-electron chi connectivity index (χ0n) is 25.0. The maximum Gasteiger partial charge on any atom is 0.250 e. The number of benzene rings is 2. The van der Waals surface area contributed by atoms with Gasteiger partial charge in [-0.1, -0.05) is 55.7 Å². The average Bonchev–Trinajstić information content (AvgIpc) is 3.45. The number of hydrogen-bond donors (Lipinski definition) is 2. The molecule has 3 fully saturated rings. The lowest BCUT2D eigenvalue weighted by Gasteiger charge is -2.45. The molecule has 0 unspecified atom stereocenters. The van der Waals surface area contributed by atoms with Crippen LogP contribution in [0.5, 0.6) is 0 Å². The molecule has 0 radical (unpaired) electrons. The number of nitrogens with one attached hydrogen (secondary N) is 2. The number of amides is 2. The summed E-state index contributed by atoms with van der Waals surface area (Å²) in [5, 5.41) is 7.12. The number of thiocarbonyl (C=S) groups is 1. The molecule has 3 aliphatic rings. The second kappa shape index (κ2) is 13.7. The average molecular weight is 613 g/mol. The van der Waals surface area contributed by atoms with E-state index >= 15 is 0 Å². The summed E-state index contributed by atoms with van der Waals surface area (Å²) in [7, 11) is 0. The SMILES string of the molecule is O=C(CN1C[C@H](c2ccccc2)NC1=S)N(Cc1cccnc1)C1(C(=O)Nc2ccc(N3CCOCC3)cc2)CCCCC1. The molecule has 2 saturated heterocycles. The Hall–Kier alpha value is -4.02. The summed E-state index contributed by atoms with van der Waals surface area (Å²) in [6.45, 7) is 4.11. The molecule has 44 heavy (non-hydrogen) atoms. The summed E-state index contributed by atoms with van der Waals surface area (Å²) in [5.74, 6) is -0.260. The molecule has 1 saturated carbocycles. The molecule has 0 spiro atoms. The highest BCUT2D eigenvalue weighted by Gasteiger charge is 2.47. The minimum Gasteiger partial charge on any atom is -0.378 e. The van der Waals surface area contributed by atoms with E-state index in [-0.39, 0.29) is 24.4 Å². The van der Waals surface area contributed by atoms with Crippen LogP contribution in [0.15, 0.2) is 79.1 Å². The summed E-state index contributed by atoms with van der Waals surface area (Å²) in [6.07, 6.45) is 7.49. The highest BCUT2D eigenvalue weighted by atomic mass is 32.1. The second-order valence-corrected chi connectivity index (χ2v) is 12.2. The maximum absolute atomic E-state index is 14.4. The van der Waals surface area contributed by atoms with Crippen LogP contribution in [0.2, 0.25) is 0 Å². The minimum absolute atomic E-state index is 0.00986. The first-order valence-corrected chi connectivity index (χ1v) is 16.0. The molecular formula is C34H40N6O3S. The number of pyridine rings is 1. The van der Waals surface area contributed by atoms with Crippen LogP contribution in [0, 0.1) is 0 Å². The third kappa shape index (κ3) is 6.71. The molecule has 0 bridgehead atoms. The standard InChI is InChI=1S/C34H40N6O3S/c41-31(25-39-24-30(37-33(39)44)27-9-3-1-4-10-27)40(23-26-8-7-17-35-22-26)34(15-5-2-6-16-34)32(42)36-28-11-13-29(14-12-28)38-18-20-43-21-19-38/h1,3-4,7-14,17,22,30H,2,5-6,15-16,18-21,23-25H2,(H,36,42)(H,37,44)/t30-/m1/s1. The van der Waals surface area contributed by atoms with E-state index in [4.69, 9.17) is 17.0 Å². The van der Waals surface area contributed by atoms with E-state index < -0.39 is 5.54 Å². The van der Waals surface area contributed by atoms with Crippen molar-refractivity contribution in [3.63, 3.8) is 0 Å². The van der Waals surface area contributed by atoms with Crippen molar-refractivity contribution in [3.05, 3.63) is 90.3 Å². The van der Waals surface area contributed by atoms with Gasteiger partial charge in [-0.05, 0) is 66.5 Å². The minimum atomic E-state index is -0.984. The Bertz CT molecular complexity index is 1430. The van der Waals surface area contributed by atoms with Crippen LogP contribution in [-0.4, -0.2) is 76.6 Å². The summed E-state index contributed by atoms with van der Waals surface area (Å²) in [6, 6.07) is 21.9. The summed E-state index contributed by atoms with van der Waals surface area (Å²) in [4.78, 5) is 39.0. The van der Waals surface area contributed by atoms with E-state index in [0.29, 0.717) is 44.3 Å². The number of hydrogen-bond acceptors (Lipinski definition) is 6.